The summed E-state index contributed by atoms with van der Waals surface area (Å²) in [5.74, 6) is 0. The first-order chi connectivity index (χ1) is 12.6. The van der Waals surface area contributed by atoms with Crippen LogP contribution in [-0.2, 0) is 0 Å². The molecule has 0 saturated carbocycles. The van der Waals surface area contributed by atoms with Crippen LogP contribution in [0.4, 0.5) is 0 Å². The number of hydrogen-bond donors (Lipinski definition) is 1. The van der Waals surface area contributed by atoms with Gasteiger partial charge in [-0.05, 0) is 29.7 Å². The van der Waals surface area contributed by atoms with E-state index in [-0.39, 0.29) is 12.1 Å². The van der Waals surface area contributed by atoms with E-state index in [9.17, 15) is 5.11 Å². The summed E-state index contributed by atoms with van der Waals surface area (Å²) < 4.78 is 0. The Bertz CT molecular complexity index is 671. The number of benzene rings is 2. The van der Waals surface area contributed by atoms with Gasteiger partial charge in [0.15, 0.2) is 0 Å². The highest BCUT2D eigenvalue weighted by atomic mass is 35.5. The van der Waals surface area contributed by atoms with E-state index < -0.39 is 0 Å². The van der Waals surface area contributed by atoms with Gasteiger partial charge in [-0.3, -0.25) is 9.80 Å². The van der Waals surface area contributed by atoms with Gasteiger partial charge in [0.25, 0.3) is 0 Å². The molecule has 1 unspecified atom stereocenters. The van der Waals surface area contributed by atoms with E-state index in [1.807, 2.05) is 43.3 Å². The third kappa shape index (κ3) is 4.59. The lowest BCUT2D eigenvalue weighted by atomic mass is 9.96. The first-order valence-corrected chi connectivity index (χ1v) is 9.99. The van der Waals surface area contributed by atoms with Crippen molar-refractivity contribution in [3.63, 3.8) is 0 Å². The molecule has 1 fully saturated rings. The van der Waals surface area contributed by atoms with Crippen molar-refractivity contribution in [2.24, 2.45) is 0 Å². The topological polar surface area (TPSA) is 26.7 Å². The summed E-state index contributed by atoms with van der Waals surface area (Å²) in [6, 6.07) is 16.1. The molecule has 1 saturated heterocycles. The van der Waals surface area contributed by atoms with Gasteiger partial charge >= 0.3 is 0 Å². The molecule has 2 aromatic rings. The molecule has 140 valence electrons. The Morgan fingerprint density at radius 1 is 0.885 bits per heavy atom. The zero-order chi connectivity index (χ0) is 18.5. The molecule has 2 aromatic carbocycles. The highest BCUT2D eigenvalue weighted by molar-refractivity contribution is 6.32. The number of aliphatic hydroxyl groups excluding tert-OH is 1. The van der Waals surface area contributed by atoms with Crippen molar-refractivity contribution < 1.29 is 5.11 Å². The number of halogens is 2. The molecule has 1 N–H and O–H groups in total. The number of β-amino-alcohol motifs (C(OH)–C–C–N with tert-alkyl or cyclic N) is 1. The largest absolute Gasteiger partial charge is 0.392 e. The first-order valence-electron chi connectivity index (χ1n) is 9.23. The third-order valence-corrected chi connectivity index (χ3v) is 5.80. The average Bonchev–Trinajstić information content (AvgIpc) is 2.66. The Labute approximate surface area is 166 Å². The van der Waals surface area contributed by atoms with E-state index in [4.69, 9.17) is 23.2 Å². The van der Waals surface area contributed by atoms with Gasteiger partial charge in [0.2, 0.25) is 0 Å². The van der Waals surface area contributed by atoms with Gasteiger partial charge in [-0.25, -0.2) is 0 Å². The molecular formula is C21H26Cl2N2O. The molecule has 0 spiro atoms. The van der Waals surface area contributed by atoms with Gasteiger partial charge in [-0.2, -0.15) is 0 Å². The summed E-state index contributed by atoms with van der Waals surface area (Å²) in [6.07, 6.45) is 0.548. The Kier molecular flexibility index (Phi) is 6.96. The zero-order valence-corrected chi connectivity index (χ0v) is 16.6. The van der Waals surface area contributed by atoms with E-state index >= 15 is 0 Å². The summed E-state index contributed by atoms with van der Waals surface area (Å²) in [5.41, 5.74) is 2.17. The second-order valence-corrected chi connectivity index (χ2v) is 7.66. The molecule has 1 aliphatic heterocycles. The molecular weight excluding hydrogens is 367 g/mol. The average molecular weight is 393 g/mol. The van der Waals surface area contributed by atoms with Crippen LogP contribution in [0.25, 0.3) is 0 Å². The molecule has 0 aliphatic carbocycles. The fourth-order valence-electron chi connectivity index (χ4n) is 3.59. The van der Waals surface area contributed by atoms with Gasteiger partial charge in [-0.15, -0.1) is 0 Å². The van der Waals surface area contributed by atoms with Gasteiger partial charge in [0.1, 0.15) is 0 Å². The van der Waals surface area contributed by atoms with Crippen LogP contribution in [0.5, 0.6) is 0 Å². The fraction of sp³-hybridized carbons (Fsp3) is 0.429. The number of nitrogens with zero attached hydrogens (tertiary/aromatic N) is 2. The minimum absolute atomic E-state index is 0.0376. The van der Waals surface area contributed by atoms with E-state index in [0.717, 1.165) is 60.3 Å². The van der Waals surface area contributed by atoms with E-state index in [2.05, 4.69) is 21.9 Å². The lowest BCUT2D eigenvalue weighted by Gasteiger charge is -2.40. The molecule has 1 atom stereocenters. The van der Waals surface area contributed by atoms with Crippen LogP contribution in [0.3, 0.4) is 0 Å². The van der Waals surface area contributed by atoms with Crippen molar-refractivity contribution in [2.45, 2.75) is 25.5 Å². The maximum absolute atomic E-state index is 9.92. The van der Waals surface area contributed by atoms with Gasteiger partial charge in [0.05, 0.1) is 12.1 Å². The molecule has 0 aromatic heterocycles. The van der Waals surface area contributed by atoms with E-state index in [1.165, 1.54) is 0 Å². The molecule has 26 heavy (non-hydrogen) atoms. The number of rotatable bonds is 6. The summed E-state index contributed by atoms with van der Waals surface area (Å²) in [6.45, 7) is 6.46. The molecule has 1 aliphatic rings. The Morgan fingerprint density at radius 3 is 1.85 bits per heavy atom. The predicted octanol–water partition coefficient (Wildman–Crippen LogP) is 4.47. The first kappa shape index (κ1) is 19.7. The van der Waals surface area contributed by atoms with Crippen molar-refractivity contribution in [3.05, 3.63) is 69.7 Å². The van der Waals surface area contributed by atoms with Crippen molar-refractivity contribution in [1.29, 1.82) is 0 Å². The van der Waals surface area contributed by atoms with Crippen LogP contribution in [0.2, 0.25) is 10.0 Å². The number of hydrogen-bond acceptors (Lipinski definition) is 3. The lowest BCUT2D eigenvalue weighted by molar-refractivity contribution is 0.0612. The Hall–Kier alpha value is -1.10. The summed E-state index contributed by atoms with van der Waals surface area (Å²) in [4.78, 5) is 4.78. The van der Waals surface area contributed by atoms with E-state index in [1.54, 1.807) is 0 Å². The summed E-state index contributed by atoms with van der Waals surface area (Å²) in [5, 5.41) is 11.5. The van der Waals surface area contributed by atoms with Crippen molar-refractivity contribution in [1.82, 2.24) is 9.80 Å². The minimum Gasteiger partial charge on any atom is -0.392 e. The predicted molar refractivity (Wildman–Crippen MR) is 109 cm³/mol. The maximum atomic E-state index is 9.92. The molecule has 5 heteroatoms. The van der Waals surface area contributed by atoms with E-state index in [0.29, 0.717) is 0 Å². The smallest absolute Gasteiger partial charge is 0.0664 e. The Morgan fingerprint density at radius 2 is 1.38 bits per heavy atom. The standard InChI is InChI=1S/C21H26Cl2N2O/c1-2-16(26)15-24-11-13-25(14-12-24)21(17-7-3-5-9-19(17)22)18-8-4-6-10-20(18)23/h3-10,16,21,26H,2,11-15H2,1H3. The molecule has 1 heterocycles. The van der Waals surface area contributed by atoms with Crippen LogP contribution in [-0.4, -0.2) is 53.7 Å². The summed E-state index contributed by atoms with van der Waals surface area (Å²) >= 11 is 13.1. The van der Waals surface area contributed by atoms with Crippen LogP contribution in [0, 0.1) is 0 Å². The van der Waals surface area contributed by atoms with Gasteiger partial charge in [0, 0.05) is 42.8 Å². The zero-order valence-electron chi connectivity index (χ0n) is 15.1. The van der Waals surface area contributed by atoms with Crippen molar-refractivity contribution in [3.8, 4) is 0 Å². The quantitative estimate of drug-likeness (QED) is 0.785. The minimum atomic E-state index is -0.246. The maximum Gasteiger partial charge on any atom is 0.0664 e. The monoisotopic (exact) mass is 392 g/mol. The highest BCUT2D eigenvalue weighted by Crippen LogP contribution is 2.37. The fourth-order valence-corrected chi connectivity index (χ4v) is 4.06. The van der Waals surface area contributed by atoms with Crippen molar-refractivity contribution >= 4 is 23.2 Å². The van der Waals surface area contributed by atoms with Gasteiger partial charge in [-0.1, -0.05) is 66.5 Å². The normalized spacial score (nSPS) is 17.6. The molecule has 0 radical (unpaired) electrons. The van der Waals surface area contributed by atoms with Crippen molar-refractivity contribution in [2.75, 3.05) is 32.7 Å². The molecule has 3 nitrogen and oxygen atoms in total. The molecule has 0 bridgehead atoms. The van der Waals surface area contributed by atoms with Crippen LogP contribution in [0.1, 0.15) is 30.5 Å². The lowest BCUT2D eigenvalue weighted by Crippen LogP contribution is -2.49. The second kappa shape index (κ2) is 9.20. The Balaban J connectivity index is 1.84. The summed E-state index contributed by atoms with van der Waals surface area (Å²) in [7, 11) is 0. The SMILES string of the molecule is CCC(O)CN1CCN(C(c2ccccc2Cl)c2ccccc2Cl)CC1. The molecule has 3 rings (SSSR count). The van der Waals surface area contributed by atoms with Crippen LogP contribution >= 0.6 is 23.2 Å². The van der Waals surface area contributed by atoms with Crippen LogP contribution in [0.15, 0.2) is 48.5 Å². The van der Waals surface area contributed by atoms with Gasteiger partial charge < -0.3 is 5.11 Å². The number of aliphatic hydroxyl groups is 1. The third-order valence-electron chi connectivity index (χ3n) is 5.11. The van der Waals surface area contributed by atoms with Crippen LogP contribution < -0.4 is 0 Å². The molecule has 0 amide bonds. The number of piperazine rings is 1. The highest BCUT2D eigenvalue weighted by Gasteiger charge is 2.29. The second-order valence-electron chi connectivity index (χ2n) is 6.84.